The highest BCUT2D eigenvalue weighted by molar-refractivity contribution is 7.46. The Balaban J connectivity index is 1.71. The van der Waals surface area contributed by atoms with Crippen LogP contribution in [-0.2, 0) is 42.9 Å². The highest BCUT2D eigenvalue weighted by atomic mass is 31.2. The van der Waals surface area contributed by atoms with Crippen molar-refractivity contribution in [1.82, 2.24) is 36.4 Å². The van der Waals surface area contributed by atoms with Crippen molar-refractivity contribution < 1.29 is 98.1 Å². The quantitative estimate of drug-likeness (QED) is 0.0394. The largest absolute Gasteiger partial charge is 0.524 e. The van der Waals surface area contributed by atoms with Crippen LogP contribution < -0.4 is 36.8 Å². The van der Waals surface area contributed by atoms with Crippen LogP contribution in [0.5, 0.6) is 5.75 Å². The molecule has 0 aliphatic carbocycles. The molecule has 446 valence electrons. The maximum Gasteiger partial charge on any atom is 0.524 e. The van der Waals surface area contributed by atoms with Gasteiger partial charge >= 0.3 is 7.82 Å². The van der Waals surface area contributed by atoms with E-state index in [1.54, 1.807) is 0 Å². The first-order valence-electron chi connectivity index (χ1n) is 26.7. The van der Waals surface area contributed by atoms with E-state index in [-0.39, 0.29) is 18.4 Å². The van der Waals surface area contributed by atoms with Crippen LogP contribution in [0.15, 0.2) is 24.3 Å². The minimum absolute atomic E-state index is 0.102. The second-order valence-electron chi connectivity index (χ2n) is 21.1. The fraction of sp³-hybridized carbons (Fsp3) is 0.720. The number of carbonyl (C=O) groups is 8. The number of unbranched alkanes of at least 4 members (excludes halogenated alkanes) is 5. The number of hydrogen-bond donors (Lipinski definition) is 16. The normalized spacial score (nSPS) is 28.3. The van der Waals surface area contributed by atoms with Crippen molar-refractivity contribution in [3.8, 4) is 5.75 Å². The third-order valence-electron chi connectivity index (χ3n) is 14.5. The van der Waals surface area contributed by atoms with E-state index >= 15 is 0 Å². The first-order chi connectivity index (χ1) is 37.0. The van der Waals surface area contributed by atoms with E-state index < -0.39 is 178 Å². The molecule has 0 spiro atoms. The number of phosphoric ester groups is 1. The molecule has 0 saturated carbocycles. The van der Waals surface area contributed by atoms with E-state index in [0.29, 0.717) is 34.5 Å². The average Bonchev–Trinajstić information content (AvgIpc) is 4.08. The topological polar surface area (TPSA) is 458 Å². The Morgan fingerprint density at radius 2 is 1.34 bits per heavy atom. The Bertz CT molecular complexity index is 2290. The van der Waals surface area contributed by atoms with Crippen molar-refractivity contribution in [2.24, 2.45) is 17.6 Å². The standard InChI is InChI=1S/C50H81N8O20P/c1-5-25(2)20-26(3)12-10-8-6-7-9-11-13-37(65)52-31-22-35(63)46(70)56-48(72)41-33(61)18-19-57(41)50(74)39(34(62)23-36(51)64)54-47(71)40(43(67)42(66)28-14-16-30(17-15-28)78-79(75,76)77)55-45(69)32-21-29(60)24-58(32)49(73)38(27(4)59)53-44(31)68/h14-17,25-27,29,31-35,38-43,46,59-63,66-67,70H,5-13,18-24H2,1-4H3,(H2,51,64)(H,52,65)(H,53,68)(H,54,71)(H,55,69)(H,56,72)(H2,75,76,77)/t25?,26?,27-,29+,31?,32-,33-,34-,35+,38-,39-,40-,41-,42-,43-,46+/m0/s1. The number of phosphoric acid groups is 1. The van der Waals surface area contributed by atoms with Gasteiger partial charge in [-0.05, 0) is 55.7 Å². The number of hydrogen-bond acceptors (Lipinski definition) is 18. The van der Waals surface area contributed by atoms with Gasteiger partial charge in [0, 0.05) is 32.4 Å². The number of nitrogens with one attached hydrogen (secondary N) is 5. The lowest BCUT2D eigenvalue weighted by Gasteiger charge is -2.34. The predicted octanol–water partition coefficient (Wildman–Crippen LogP) is -3.58. The van der Waals surface area contributed by atoms with E-state index in [1.807, 2.05) is 5.32 Å². The number of rotatable bonds is 22. The van der Waals surface area contributed by atoms with E-state index in [1.165, 1.54) is 6.42 Å². The number of nitrogens with two attached hydrogens (primary N) is 1. The summed E-state index contributed by atoms with van der Waals surface area (Å²) in [5.74, 6) is -9.12. The van der Waals surface area contributed by atoms with Gasteiger partial charge in [-0.15, -0.1) is 0 Å². The summed E-state index contributed by atoms with van der Waals surface area (Å²) >= 11 is 0. The number of aliphatic hydroxyl groups excluding tert-OH is 8. The first-order valence-corrected chi connectivity index (χ1v) is 28.3. The molecule has 0 bridgehead atoms. The van der Waals surface area contributed by atoms with Crippen molar-refractivity contribution in [3.63, 3.8) is 0 Å². The van der Waals surface area contributed by atoms with Gasteiger partial charge in [-0.25, -0.2) is 4.57 Å². The Hall–Kier alpha value is -5.39. The summed E-state index contributed by atoms with van der Waals surface area (Å²) in [4.78, 5) is 131. The molecule has 3 saturated heterocycles. The third-order valence-corrected chi connectivity index (χ3v) is 15.0. The van der Waals surface area contributed by atoms with Crippen LogP contribution in [0.2, 0.25) is 0 Å². The van der Waals surface area contributed by atoms with E-state index in [9.17, 15) is 93.6 Å². The van der Waals surface area contributed by atoms with E-state index in [4.69, 9.17) is 5.73 Å². The van der Waals surface area contributed by atoms with E-state index in [0.717, 1.165) is 69.7 Å². The summed E-state index contributed by atoms with van der Waals surface area (Å²) in [6.07, 6.45) is -11.0. The molecule has 8 amide bonds. The first kappa shape index (κ1) is 66.1. The molecule has 3 heterocycles. The molecule has 0 radical (unpaired) electrons. The zero-order valence-corrected chi connectivity index (χ0v) is 45.7. The molecule has 0 aromatic heterocycles. The summed E-state index contributed by atoms with van der Waals surface area (Å²) in [5, 5.41) is 101. The molecule has 17 N–H and O–H groups in total. The van der Waals surface area contributed by atoms with Gasteiger partial charge in [0.15, 0.2) is 6.23 Å². The maximum absolute atomic E-state index is 14.5. The highest BCUT2D eigenvalue weighted by Gasteiger charge is 2.49. The molecular weight excluding hydrogens is 1060 g/mol. The van der Waals surface area contributed by atoms with Gasteiger partial charge in [-0.1, -0.05) is 77.8 Å². The molecule has 4 rings (SSSR count). The zero-order chi connectivity index (χ0) is 59.1. The SMILES string of the molecule is CCC(C)CC(C)CCCCCCCCC(=O)NC1C[C@@H](O)[C@@H](O)NC(=O)[C@@H]2[C@@H](O)CCN2C(=O)[C@H]([C@@H](O)CC(N)=O)NC(=O)[C@H]([C@H](O)[C@@H](O)c2ccc(OP(=O)(O)O)cc2)NC(=O)[C@@H]2C[C@@H](O)CN2C(=O)[C@H]([C@H](C)O)NC1=O. The second kappa shape index (κ2) is 30.4. The summed E-state index contributed by atoms with van der Waals surface area (Å²) in [6.45, 7) is 6.62. The lowest BCUT2D eigenvalue weighted by Crippen LogP contribution is -2.64. The summed E-state index contributed by atoms with van der Waals surface area (Å²) in [7, 11) is -5.07. The van der Waals surface area contributed by atoms with Crippen molar-refractivity contribution in [1.29, 1.82) is 0 Å². The molecule has 3 aliphatic rings. The molecule has 3 fully saturated rings. The zero-order valence-electron chi connectivity index (χ0n) is 44.8. The summed E-state index contributed by atoms with van der Waals surface area (Å²) < 4.78 is 15.9. The van der Waals surface area contributed by atoms with Crippen molar-refractivity contribution in [2.45, 2.75) is 203 Å². The molecular formula is C50H81N8O20P. The van der Waals surface area contributed by atoms with Gasteiger partial charge in [-0.3, -0.25) is 48.1 Å². The Morgan fingerprint density at radius 3 is 1.95 bits per heavy atom. The Labute approximate surface area is 457 Å². The molecule has 28 nitrogen and oxygen atoms in total. The van der Waals surface area contributed by atoms with Gasteiger partial charge in [0.1, 0.15) is 60.3 Å². The van der Waals surface area contributed by atoms with Gasteiger partial charge < -0.3 is 87.5 Å². The molecule has 1 aromatic carbocycles. The molecule has 79 heavy (non-hydrogen) atoms. The van der Waals surface area contributed by atoms with Crippen LogP contribution in [0.1, 0.15) is 129 Å². The van der Waals surface area contributed by atoms with Gasteiger partial charge in [0.25, 0.3) is 0 Å². The van der Waals surface area contributed by atoms with Crippen LogP contribution in [0.3, 0.4) is 0 Å². The lowest BCUT2D eigenvalue weighted by atomic mass is 9.91. The van der Waals surface area contributed by atoms with Crippen LogP contribution >= 0.6 is 7.82 Å². The minimum Gasteiger partial charge on any atom is -0.404 e. The number of fused-ring (bicyclic) bond motifs is 2. The maximum atomic E-state index is 14.5. The third kappa shape index (κ3) is 19.7. The van der Waals surface area contributed by atoms with Crippen molar-refractivity contribution >= 4 is 55.1 Å². The monoisotopic (exact) mass is 1140 g/mol. The number of benzene rings is 1. The molecule has 16 atom stereocenters. The average molecular weight is 1150 g/mol. The number of aliphatic hydroxyl groups is 8. The van der Waals surface area contributed by atoms with Crippen molar-refractivity contribution in [3.05, 3.63) is 29.8 Å². The highest BCUT2D eigenvalue weighted by Crippen LogP contribution is 2.38. The van der Waals surface area contributed by atoms with Crippen LogP contribution in [0.4, 0.5) is 0 Å². The number of nitrogens with zero attached hydrogens (tertiary/aromatic N) is 2. The number of amides is 8. The summed E-state index contributed by atoms with van der Waals surface area (Å²) in [6, 6.07) is -8.37. The van der Waals surface area contributed by atoms with E-state index in [2.05, 4.69) is 46.6 Å². The molecule has 3 unspecified atom stereocenters. The lowest BCUT2D eigenvalue weighted by molar-refractivity contribution is -0.149. The molecule has 3 aliphatic heterocycles. The van der Waals surface area contributed by atoms with Gasteiger partial charge in [-0.2, -0.15) is 0 Å². The smallest absolute Gasteiger partial charge is 0.404 e. The molecule has 29 heteroatoms. The number of carbonyl (C=O) groups excluding carboxylic acids is 8. The fourth-order valence-electron chi connectivity index (χ4n) is 9.99. The number of primary amides is 1. The Morgan fingerprint density at radius 1 is 0.747 bits per heavy atom. The Kier molecular flexibility index (Phi) is 25.5. The van der Waals surface area contributed by atoms with Crippen LogP contribution in [0.25, 0.3) is 0 Å². The predicted molar refractivity (Wildman–Crippen MR) is 276 cm³/mol. The fourth-order valence-corrected chi connectivity index (χ4v) is 10.4. The van der Waals surface area contributed by atoms with Crippen LogP contribution in [-0.4, -0.2) is 200 Å². The van der Waals surface area contributed by atoms with Gasteiger partial charge in [0.05, 0.1) is 30.8 Å². The van der Waals surface area contributed by atoms with Crippen LogP contribution in [0, 0.1) is 11.8 Å². The minimum atomic E-state index is -5.07. The summed E-state index contributed by atoms with van der Waals surface area (Å²) in [5.41, 5.74) is 5.05. The molecule has 1 aromatic rings. The van der Waals surface area contributed by atoms with Gasteiger partial charge in [0.2, 0.25) is 47.3 Å². The van der Waals surface area contributed by atoms with Crippen molar-refractivity contribution in [2.75, 3.05) is 13.1 Å². The second-order valence-corrected chi connectivity index (χ2v) is 22.3.